The largest absolute Gasteiger partial charge is 0.347 e. The van der Waals surface area contributed by atoms with E-state index in [-0.39, 0.29) is 19.3 Å². The molecule has 2 N–H and O–H groups in total. The Balaban J connectivity index is 0.000000291. The molecule has 2 aliphatic heterocycles. The number of H-pyrrole nitrogens is 1. The minimum atomic E-state index is 0. The Morgan fingerprint density at radius 1 is 1.33 bits per heavy atom. The van der Waals surface area contributed by atoms with Crippen LogP contribution in [0.15, 0.2) is 11.6 Å². The van der Waals surface area contributed by atoms with E-state index in [1.807, 2.05) is 30.3 Å². The first kappa shape index (κ1) is 28.3. The molecule has 4 heterocycles. The molecule has 1 fully saturated rings. The van der Waals surface area contributed by atoms with E-state index in [1.54, 1.807) is 18.3 Å². The maximum atomic E-state index is 11.8. The standard InChI is InChI=1S/C18H31N3OS.C9H13N3O.H2/c1-4-14(3)13-15-7-6-10-21(15)11-8-16(20-17(22)5-2)18-19-9-12-23-18;1-6-10-8-3-4-12(7(2)13)5-9(8)11-6;/h9,12,14-16H,4-8,10-11,13H2,1-3H3,(H,20,22);3-5H2,1-2H3,(H,10,11);1H/t14?,15?,16-;;/m0../s1. The molecule has 2 unspecified atom stereocenters. The van der Waals surface area contributed by atoms with Gasteiger partial charge in [-0.1, -0.05) is 27.2 Å². The average Bonchev–Trinajstić information content (AvgIpc) is 3.62. The lowest BCUT2D eigenvalue weighted by Crippen LogP contribution is -2.35. The normalized spacial score (nSPS) is 19.2. The number of carbonyl (C=O) groups excluding carboxylic acids is 2. The van der Waals surface area contributed by atoms with Crippen LogP contribution in [-0.2, 0) is 22.6 Å². The third-order valence-corrected chi connectivity index (χ3v) is 8.27. The van der Waals surface area contributed by atoms with E-state index in [0.29, 0.717) is 13.0 Å². The highest BCUT2D eigenvalue weighted by atomic mass is 32.1. The molecule has 0 aliphatic carbocycles. The van der Waals surface area contributed by atoms with Crippen LogP contribution >= 0.6 is 11.3 Å². The Hall–Kier alpha value is -2.26. The van der Waals surface area contributed by atoms with Crippen molar-refractivity contribution in [2.45, 2.75) is 98.2 Å². The van der Waals surface area contributed by atoms with Gasteiger partial charge in [0.25, 0.3) is 0 Å². The minimum Gasteiger partial charge on any atom is -0.347 e. The van der Waals surface area contributed by atoms with Crippen molar-refractivity contribution >= 4 is 23.2 Å². The molecule has 3 atom stereocenters. The van der Waals surface area contributed by atoms with E-state index in [2.05, 4.69) is 39.0 Å². The zero-order valence-corrected chi connectivity index (χ0v) is 23.5. The SMILES string of the molecule is CC(=O)N1CCc2nc(C)[nH]c2C1.CCC(=O)N[C@@H](CCN1CCCC1CC(C)CC)c1nccs1.[HH]. The monoisotopic (exact) mass is 518 g/mol. The van der Waals surface area contributed by atoms with Crippen molar-refractivity contribution in [2.24, 2.45) is 5.92 Å². The van der Waals surface area contributed by atoms with Crippen molar-refractivity contribution < 1.29 is 11.0 Å². The number of nitrogens with zero attached hydrogens (tertiary/aromatic N) is 4. The zero-order chi connectivity index (χ0) is 26.1. The maximum Gasteiger partial charge on any atom is 0.220 e. The highest BCUT2D eigenvalue weighted by Gasteiger charge is 2.27. The van der Waals surface area contributed by atoms with Gasteiger partial charge in [0.1, 0.15) is 10.8 Å². The first-order chi connectivity index (χ1) is 17.3. The van der Waals surface area contributed by atoms with E-state index < -0.39 is 0 Å². The Labute approximate surface area is 221 Å². The number of aromatic amines is 1. The van der Waals surface area contributed by atoms with Crippen LogP contribution in [0, 0.1) is 12.8 Å². The number of amides is 2. The second kappa shape index (κ2) is 13.9. The molecule has 1 saturated heterocycles. The number of thiazole rings is 1. The smallest absolute Gasteiger partial charge is 0.220 e. The summed E-state index contributed by atoms with van der Waals surface area (Å²) < 4.78 is 0. The van der Waals surface area contributed by atoms with E-state index >= 15 is 0 Å². The van der Waals surface area contributed by atoms with Crippen LogP contribution in [0.3, 0.4) is 0 Å². The van der Waals surface area contributed by atoms with Gasteiger partial charge < -0.3 is 20.1 Å². The third-order valence-electron chi connectivity index (χ3n) is 7.38. The third kappa shape index (κ3) is 8.13. The number of nitrogens with one attached hydrogen (secondary N) is 2. The quantitative estimate of drug-likeness (QED) is 0.494. The molecule has 0 saturated carbocycles. The molecule has 36 heavy (non-hydrogen) atoms. The molecule has 2 aromatic heterocycles. The molecule has 9 heteroatoms. The van der Waals surface area contributed by atoms with Crippen molar-refractivity contribution in [3.05, 3.63) is 33.8 Å². The van der Waals surface area contributed by atoms with Crippen LogP contribution in [0.5, 0.6) is 0 Å². The molecule has 0 bridgehead atoms. The Morgan fingerprint density at radius 3 is 2.81 bits per heavy atom. The fraction of sp³-hybridized carbons (Fsp3) is 0.704. The van der Waals surface area contributed by atoms with Gasteiger partial charge in [-0.25, -0.2) is 9.97 Å². The lowest BCUT2D eigenvalue weighted by Gasteiger charge is -2.28. The van der Waals surface area contributed by atoms with Gasteiger partial charge in [-0.15, -0.1) is 11.3 Å². The van der Waals surface area contributed by atoms with E-state index in [9.17, 15) is 9.59 Å². The van der Waals surface area contributed by atoms with Crippen molar-refractivity contribution in [1.82, 2.24) is 30.1 Å². The molecule has 4 rings (SSSR count). The molecular formula is C27H46N6O2S. The summed E-state index contributed by atoms with van der Waals surface area (Å²) in [6.07, 6.45) is 9.39. The highest BCUT2D eigenvalue weighted by Crippen LogP contribution is 2.27. The zero-order valence-electron chi connectivity index (χ0n) is 22.7. The van der Waals surface area contributed by atoms with Crippen LogP contribution in [-0.4, -0.2) is 62.2 Å². The average molecular weight is 519 g/mol. The molecule has 202 valence electrons. The maximum absolute atomic E-state index is 11.8. The molecular weight excluding hydrogens is 472 g/mol. The Morgan fingerprint density at radius 2 is 2.14 bits per heavy atom. The Kier molecular flexibility index (Phi) is 10.9. The van der Waals surface area contributed by atoms with Gasteiger partial charge in [0.15, 0.2) is 0 Å². The van der Waals surface area contributed by atoms with Crippen LogP contribution in [0.1, 0.15) is 95.9 Å². The lowest BCUT2D eigenvalue weighted by molar-refractivity contribution is -0.129. The number of fused-ring (bicyclic) bond motifs is 1. The first-order valence-corrected chi connectivity index (χ1v) is 14.4. The van der Waals surface area contributed by atoms with E-state index in [0.717, 1.165) is 60.1 Å². The summed E-state index contributed by atoms with van der Waals surface area (Å²) in [4.78, 5) is 39.3. The van der Waals surface area contributed by atoms with Gasteiger partial charge in [-0.05, 0) is 45.1 Å². The van der Waals surface area contributed by atoms with Gasteiger partial charge >= 0.3 is 0 Å². The number of hydrogen-bond donors (Lipinski definition) is 2. The van der Waals surface area contributed by atoms with Crippen LogP contribution in [0.2, 0.25) is 0 Å². The van der Waals surface area contributed by atoms with Gasteiger partial charge in [-0.2, -0.15) is 0 Å². The predicted molar refractivity (Wildman–Crippen MR) is 147 cm³/mol. The molecule has 0 aromatic carbocycles. The fourth-order valence-corrected chi connectivity index (χ4v) is 5.77. The topological polar surface area (TPSA) is 94.2 Å². The molecule has 0 radical (unpaired) electrons. The summed E-state index contributed by atoms with van der Waals surface area (Å²) in [7, 11) is 0. The summed E-state index contributed by atoms with van der Waals surface area (Å²) in [6.45, 7) is 13.8. The minimum absolute atomic E-state index is 0. The first-order valence-electron chi connectivity index (χ1n) is 13.5. The van der Waals surface area contributed by atoms with Crippen LogP contribution in [0.25, 0.3) is 0 Å². The van der Waals surface area contributed by atoms with Gasteiger partial charge in [0, 0.05) is 51.9 Å². The van der Waals surface area contributed by atoms with E-state index in [4.69, 9.17) is 0 Å². The lowest BCUT2D eigenvalue weighted by atomic mass is 9.97. The summed E-state index contributed by atoms with van der Waals surface area (Å²) >= 11 is 1.64. The summed E-state index contributed by atoms with van der Waals surface area (Å²) in [6, 6.07) is 0.788. The highest BCUT2D eigenvalue weighted by molar-refractivity contribution is 7.09. The van der Waals surface area contributed by atoms with Crippen molar-refractivity contribution in [3.8, 4) is 0 Å². The Bertz CT molecular complexity index is 966. The van der Waals surface area contributed by atoms with Crippen molar-refractivity contribution in [2.75, 3.05) is 19.6 Å². The number of carbonyl (C=O) groups is 2. The van der Waals surface area contributed by atoms with Gasteiger partial charge in [0.2, 0.25) is 11.8 Å². The van der Waals surface area contributed by atoms with Gasteiger partial charge in [0.05, 0.1) is 24.0 Å². The summed E-state index contributed by atoms with van der Waals surface area (Å²) in [5.41, 5.74) is 2.22. The number of likely N-dealkylation sites (tertiary alicyclic amines) is 1. The van der Waals surface area contributed by atoms with Crippen LogP contribution in [0.4, 0.5) is 0 Å². The van der Waals surface area contributed by atoms with Crippen molar-refractivity contribution in [1.29, 1.82) is 0 Å². The number of aromatic nitrogens is 3. The molecule has 2 aliphatic rings. The number of imidazole rings is 1. The predicted octanol–water partition coefficient (Wildman–Crippen LogP) is 4.87. The van der Waals surface area contributed by atoms with Crippen molar-refractivity contribution in [3.63, 3.8) is 0 Å². The second-order valence-corrected chi connectivity index (χ2v) is 11.1. The van der Waals surface area contributed by atoms with Crippen LogP contribution < -0.4 is 5.32 Å². The molecule has 0 spiro atoms. The number of rotatable bonds is 9. The molecule has 8 nitrogen and oxygen atoms in total. The van der Waals surface area contributed by atoms with Gasteiger partial charge in [-0.3, -0.25) is 9.59 Å². The molecule has 2 amide bonds. The number of hydrogen-bond acceptors (Lipinski definition) is 6. The summed E-state index contributed by atoms with van der Waals surface area (Å²) in [5.74, 6) is 1.99. The fourth-order valence-electron chi connectivity index (χ4n) is 5.05. The second-order valence-electron chi connectivity index (χ2n) is 10.2. The molecule has 2 aromatic rings. The van der Waals surface area contributed by atoms with E-state index in [1.165, 1.54) is 32.2 Å². The number of aryl methyl sites for hydroxylation is 1. The summed E-state index contributed by atoms with van der Waals surface area (Å²) in [5, 5.41) is 6.16.